The third kappa shape index (κ3) is 3.55. The molecular weight excluding hydrogens is 260 g/mol. The maximum Gasteiger partial charge on any atom is 0.243 e. The lowest BCUT2D eigenvalue weighted by molar-refractivity contribution is 0.412. The Bertz CT molecular complexity index is 507. The fraction of sp³-hybridized carbons (Fsp3) is 0.571. The van der Waals surface area contributed by atoms with Gasteiger partial charge in [0.15, 0.2) is 0 Å². The van der Waals surface area contributed by atoms with E-state index in [1.165, 1.54) is 0 Å². The van der Waals surface area contributed by atoms with E-state index in [9.17, 15) is 8.42 Å². The molecule has 0 aliphatic heterocycles. The summed E-state index contributed by atoms with van der Waals surface area (Å²) < 4.78 is 26.6. The van der Waals surface area contributed by atoms with Crippen LogP contribution in [0.15, 0.2) is 29.2 Å². The summed E-state index contributed by atoms with van der Waals surface area (Å²) in [7, 11) is -1.45. The summed E-state index contributed by atoms with van der Waals surface area (Å²) in [5, 5.41) is 3.05. The summed E-state index contributed by atoms with van der Waals surface area (Å²) >= 11 is 0. The summed E-state index contributed by atoms with van der Waals surface area (Å²) in [5.74, 6) is 0.568. The van der Waals surface area contributed by atoms with Crippen molar-refractivity contribution in [3.8, 4) is 0 Å². The van der Waals surface area contributed by atoms with Crippen LogP contribution in [-0.2, 0) is 16.6 Å². The Morgan fingerprint density at radius 3 is 2.37 bits per heavy atom. The quantitative estimate of drug-likeness (QED) is 0.830. The predicted molar refractivity (Wildman–Crippen MR) is 76.4 cm³/mol. The molecule has 0 saturated heterocycles. The monoisotopic (exact) mass is 282 g/mol. The minimum atomic E-state index is -3.32. The fourth-order valence-corrected chi connectivity index (χ4v) is 3.64. The molecule has 1 N–H and O–H groups in total. The largest absolute Gasteiger partial charge is 0.316 e. The van der Waals surface area contributed by atoms with E-state index in [0.717, 1.165) is 24.9 Å². The first-order valence-electron chi connectivity index (χ1n) is 6.81. The molecule has 1 aliphatic carbocycles. The second-order valence-corrected chi connectivity index (χ2v) is 7.01. The van der Waals surface area contributed by atoms with Gasteiger partial charge in [-0.3, -0.25) is 0 Å². The van der Waals surface area contributed by atoms with Crippen LogP contribution in [0.3, 0.4) is 0 Å². The molecule has 1 fully saturated rings. The molecule has 0 unspecified atom stereocenters. The van der Waals surface area contributed by atoms with Crippen LogP contribution in [0.1, 0.15) is 25.3 Å². The normalized spacial score (nSPS) is 15.9. The summed E-state index contributed by atoms with van der Waals surface area (Å²) in [5.41, 5.74) is 1.09. The lowest BCUT2D eigenvalue weighted by Gasteiger charge is -2.20. The second-order valence-electron chi connectivity index (χ2n) is 5.07. The van der Waals surface area contributed by atoms with Crippen LogP contribution in [0, 0.1) is 5.92 Å². The molecule has 1 aromatic rings. The summed E-state index contributed by atoms with van der Waals surface area (Å²) in [6.45, 7) is 3.85. The molecule has 0 amide bonds. The van der Waals surface area contributed by atoms with E-state index in [-0.39, 0.29) is 0 Å². The fourth-order valence-electron chi connectivity index (χ4n) is 2.12. The Labute approximate surface area is 115 Å². The van der Waals surface area contributed by atoms with Gasteiger partial charge < -0.3 is 5.32 Å². The molecule has 1 aromatic carbocycles. The first kappa shape index (κ1) is 14.5. The van der Waals surface area contributed by atoms with Gasteiger partial charge in [0.2, 0.25) is 10.0 Å². The van der Waals surface area contributed by atoms with Crippen molar-refractivity contribution in [1.82, 2.24) is 9.62 Å². The average molecular weight is 282 g/mol. The SMILES string of the molecule is CCN(CC1CC1)S(=O)(=O)c1ccc(CNC)cc1. The number of hydrogen-bond donors (Lipinski definition) is 1. The number of nitrogens with one attached hydrogen (secondary N) is 1. The van der Waals surface area contributed by atoms with Gasteiger partial charge in [-0.05, 0) is 43.5 Å². The molecule has 1 saturated carbocycles. The molecular formula is C14H22N2O2S. The third-order valence-corrected chi connectivity index (χ3v) is 5.41. The van der Waals surface area contributed by atoms with Gasteiger partial charge in [-0.15, -0.1) is 0 Å². The molecule has 4 nitrogen and oxygen atoms in total. The highest BCUT2D eigenvalue weighted by Crippen LogP contribution is 2.31. The summed E-state index contributed by atoms with van der Waals surface area (Å²) in [6, 6.07) is 7.15. The van der Waals surface area contributed by atoms with Crippen LogP contribution < -0.4 is 5.32 Å². The maximum atomic E-state index is 12.5. The molecule has 0 bridgehead atoms. The van der Waals surface area contributed by atoms with Crippen LogP contribution in [0.2, 0.25) is 0 Å². The van der Waals surface area contributed by atoms with Crippen LogP contribution in [-0.4, -0.2) is 32.9 Å². The van der Waals surface area contributed by atoms with Gasteiger partial charge >= 0.3 is 0 Å². The second kappa shape index (κ2) is 6.03. The molecule has 0 atom stereocenters. The Hall–Kier alpha value is -0.910. The zero-order valence-electron chi connectivity index (χ0n) is 11.6. The van der Waals surface area contributed by atoms with E-state index in [1.54, 1.807) is 16.4 Å². The minimum absolute atomic E-state index is 0.398. The van der Waals surface area contributed by atoms with E-state index in [0.29, 0.717) is 23.9 Å². The Morgan fingerprint density at radius 1 is 1.26 bits per heavy atom. The van der Waals surface area contributed by atoms with Gasteiger partial charge in [-0.25, -0.2) is 8.42 Å². The Morgan fingerprint density at radius 2 is 1.89 bits per heavy atom. The lowest BCUT2D eigenvalue weighted by atomic mass is 10.2. The van der Waals surface area contributed by atoms with Crippen molar-refractivity contribution in [2.45, 2.75) is 31.2 Å². The van der Waals surface area contributed by atoms with Gasteiger partial charge in [0.05, 0.1) is 4.90 Å². The summed E-state index contributed by atoms with van der Waals surface area (Å²) in [6.07, 6.45) is 2.32. The molecule has 1 aliphatic rings. The highest BCUT2D eigenvalue weighted by Gasteiger charge is 2.30. The van der Waals surface area contributed by atoms with Gasteiger partial charge in [0, 0.05) is 19.6 Å². The molecule has 0 spiro atoms. The molecule has 106 valence electrons. The Kier molecular flexibility index (Phi) is 4.60. The average Bonchev–Trinajstić information content (AvgIpc) is 3.21. The zero-order chi connectivity index (χ0) is 13.9. The van der Waals surface area contributed by atoms with Crippen molar-refractivity contribution in [1.29, 1.82) is 0 Å². The molecule has 2 rings (SSSR count). The third-order valence-electron chi connectivity index (χ3n) is 3.45. The van der Waals surface area contributed by atoms with Crippen molar-refractivity contribution in [2.75, 3.05) is 20.1 Å². The Balaban J connectivity index is 2.16. The lowest BCUT2D eigenvalue weighted by Crippen LogP contribution is -2.32. The standard InChI is InChI=1S/C14H22N2O2S/c1-3-16(11-13-4-5-13)19(17,18)14-8-6-12(7-9-14)10-15-2/h6-9,13,15H,3-5,10-11H2,1-2H3. The smallest absolute Gasteiger partial charge is 0.243 e. The molecule has 0 aromatic heterocycles. The molecule has 19 heavy (non-hydrogen) atoms. The molecule has 0 radical (unpaired) electrons. The highest BCUT2D eigenvalue weighted by molar-refractivity contribution is 7.89. The first-order valence-corrected chi connectivity index (χ1v) is 8.25. The van der Waals surface area contributed by atoms with Crippen LogP contribution in [0.5, 0.6) is 0 Å². The van der Waals surface area contributed by atoms with Crippen molar-refractivity contribution in [3.05, 3.63) is 29.8 Å². The van der Waals surface area contributed by atoms with Crippen LogP contribution >= 0.6 is 0 Å². The van der Waals surface area contributed by atoms with Gasteiger partial charge in [0.1, 0.15) is 0 Å². The number of nitrogens with zero attached hydrogens (tertiary/aromatic N) is 1. The molecule has 5 heteroatoms. The van der Waals surface area contributed by atoms with Gasteiger partial charge in [-0.1, -0.05) is 19.1 Å². The van der Waals surface area contributed by atoms with E-state index in [1.807, 2.05) is 26.1 Å². The number of benzene rings is 1. The molecule has 0 heterocycles. The summed E-state index contributed by atoms with van der Waals surface area (Å²) in [4.78, 5) is 0.398. The highest BCUT2D eigenvalue weighted by atomic mass is 32.2. The van der Waals surface area contributed by atoms with Crippen molar-refractivity contribution < 1.29 is 8.42 Å². The van der Waals surface area contributed by atoms with Crippen LogP contribution in [0.25, 0.3) is 0 Å². The zero-order valence-corrected chi connectivity index (χ0v) is 12.4. The van der Waals surface area contributed by atoms with Crippen molar-refractivity contribution >= 4 is 10.0 Å². The van der Waals surface area contributed by atoms with Crippen molar-refractivity contribution in [3.63, 3.8) is 0 Å². The number of rotatable bonds is 7. The van der Waals surface area contributed by atoms with Crippen LogP contribution in [0.4, 0.5) is 0 Å². The topological polar surface area (TPSA) is 49.4 Å². The first-order chi connectivity index (χ1) is 9.07. The van der Waals surface area contributed by atoms with E-state index in [4.69, 9.17) is 0 Å². The van der Waals surface area contributed by atoms with Crippen molar-refractivity contribution in [2.24, 2.45) is 5.92 Å². The van der Waals surface area contributed by atoms with Gasteiger partial charge in [0.25, 0.3) is 0 Å². The van der Waals surface area contributed by atoms with Gasteiger partial charge in [-0.2, -0.15) is 4.31 Å². The number of sulfonamides is 1. The minimum Gasteiger partial charge on any atom is -0.316 e. The maximum absolute atomic E-state index is 12.5. The van der Waals surface area contributed by atoms with E-state index in [2.05, 4.69) is 5.32 Å². The predicted octanol–water partition coefficient (Wildman–Crippen LogP) is 1.83. The number of hydrogen-bond acceptors (Lipinski definition) is 3. The van der Waals surface area contributed by atoms with E-state index < -0.39 is 10.0 Å². The van der Waals surface area contributed by atoms with E-state index >= 15 is 0 Å².